The fourth-order valence-corrected chi connectivity index (χ4v) is 2.63. The van der Waals surface area contributed by atoms with Gasteiger partial charge in [0.25, 0.3) is 0 Å². The van der Waals surface area contributed by atoms with Gasteiger partial charge in [-0.1, -0.05) is 0 Å². The first-order valence-corrected chi connectivity index (χ1v) is 5.64. The van der Waals surface area contributed by atoms with Crippen LogP contribution >= 0.6 is 27.3 Å². The third kappa shape index (κ3) is 1.81. The zero-order chi connectivity index (χ0) is 8.39. The lowest BCUT2D eigenvalue weighted by Crippen LogP contribution is -2.19. The minimum absolute atomic E-state index is 0.361. The second-order valence-electron chi connectivity index (χ2n) is 2.79. The van der Waals surface area contributed by atoms with E-state index in [9.17, 15) is 0 Å². The van der Waals surface area contributed by atoms with E-state index in [1.54, 1.807) is 11.3 Å². The summed E-state index contributed by atoms with van der Waals surface area (Å²) in [6.07, 6.45) is 1.48. The Labute approximate surface area is 84.1 Å². The molecule has 0 amide bonds. The van der Waals surface area contributed by atoms with Gasteiger partial charge >= 0.3 is 0 Å². The number of halogens is 1. The summed E-state index contributed by atoms with van der Waals surface area (Å²) in [5.74, 6) is 0. The predicted octanol–water partition coefficient (Wildman–Crippen LogP) is 2.25. The maximum Gasteiger partial charge on any atom is 0.188 e. The zero-order valence-corrected chi connectivity index (χ0v) is 8.95. The van der Waals surface area contributed by atoms with Crippen LogP contribution < -0.4 is 10.1 Å². The van der Waals surface area contributed by atoms with E-state index in [4.69, 9.17) is 4.74 Å². The summed E-state index contributed by atoms with van der Waals surface area (Å²) in [5, 5.41) is 6.30. The molecule has 0 spiro atoms. The molecule has 1 saturated heterocycles. The highest BCUT2D eigenvalue weighted by Gasteiger charge is 2.17. The van der Waals surface area contributed by atoms with Crippen LogP contribution in [0.3, 0.4) is 0 Å². The fraction of sp³-hybridized carbons (Fsp3) is 0.500. The number of hydrogen-bond acceptors (Lipinski definition) is 3. The average Bonchev–Trinajstić information content (AvgIpc) is 2.65. The molecule has 1 aromatic heterocycles. The molecule has 1 atom stereocenters. The summed E-state index contributed by atoms with van der Waals surface area (Å²) in [5.41, 5.74) is 0. The Morgan fingerprint density at radius 2 is 2.58 bits per heavy atom. The smallest absolute Gasteiger partial charge is 0.188 e. The molecule has 2 nitrogen and oxygen atoms in total. The van der Waals surface area contributed by atoms with Crippen LogP contribution in [-0.4, -0.2) is 19.2 Å². The van der Waals surface area contributed by atoms with E-state index >= 15 is 0 Å². The molecule has 1 aliphatic rings. The van der Waals surface area contributed by atoms with Crippen molar-refractivity contribution in [3.8, 4) is 5.06 Å². The summed E-state index contributed by atoms with van der Waals surface area (Å²) < 4.78 is 6.82. The van der Waals surface area contributed by atoms with Crippen LogP contribution in [0.4, 0.5) is 0 Å². The molecule has 66 valence electrons. The van der Waals surface area contributed by atoms with E-state index in [-0.39, 0.29) is 0 Å². The molecule has 1 aliphatic heterocycles. The van der Waals surface area contributed by atoms with Gasteiger partial charge in [0.05, 0.1) is 4.47 Å². The minimum Gasteiger partial charge on any atom is -0.478 e. The highest BCUT2D eigenvalue weighted by Crippen LogP contribution is 2.32. The molecule has 4 heteroatoms. The van der Waals surface area contributed by atoms with Crippen molar-refractivity contribution in [3.63, 3.8) is 0 Å². The SMILES string of the molecule is Brc1ccsc1OC1CCNC1. The maximum atomic E-state index is 5.76. The summed E-state index contributed by atoms with van der Waals surface area (Å²) >= 11 is 5.08. The van der Waals surface area contributed by atoms with Crippen molar-refractivity contribution in [1.82, 2.24) is 5.32 Å². The van der Waals surface area contributed by atoms with Gasteiger partial charge in [-0.3, -0.25) is 0 Å². The fourth-order valence-electron chi connectivity index (χ4n) is 1.24. The van der Waals surface area contributed by atoms with Crippen LogP contribution in [0.25, 0.3) is 0 Å². The number of rotatable bonds is 2. The van der Waals surface area contributed by atoms with E-state index < -0.39 is 0 Å². The van der Waals surface area contributed by atoms with E-state index in [1.807, 2.05) is 11.4 Å². The lowest BCUT2D eigenvalue weighted by atomic mass is 10.3. The summed E-state index contributed by atoms with van der Waals surface area (Å²) in [6.45, 7) is 2.05. The number of thiophene rings is 1. The van der Waals surface area contributed by atoms with Gasteiger partial charge in [-0.25, -0.2) is 0 Å². The Bertz CT molecular complexity index is 257. The third-order valence-electron chi connectivity index (χ3n) is 1.87. The first kappa shape index (κ1) is 8.53. The molecular formula is C8H10BrNOS. The number of nitrogens with one attached hydrogen (secondary N) is 1. The van der Waals surface area contributed by atoms with Crippen molar-refractivity contribution < 1.29 is 4.74 Å². The van der Waals surface area contributed by atoms with Crippen LogP contribution in [0.2, 0.25) is 0 Å². The van der Waals surface area contributed by atoms with Crippen molar-refractivity contribution in [3.05, 3.63) is 15.9 Å². The van der Waals surface area contributed by atoms with Crippen LogP contribution in [0.5, 0.6) is 5.06 Å². The Hall–Kier alpha value is -0.0600. The molecule has 0 saturated carbocycles. The number of hydrogen-bond donors (Lipinski definition) is 1. The molecule has 0 aromatic carbocycles. The van der Waals surface area contributed by atoms with Crippen molar-refractivity contribution in [2.75, 3.05) is 13.1 Å². The molecule has 1 fully saturated rings. The van der Waals surface area contributed by atoms with Crippen molar-refractivity contribution in [2.45, 2.75) is 12.5 Å². The third-order valence-corrected chi connectivity index (χ3v) is 3.56. The summed E-state index contributed by atoms with van der Waals surface area (Å²) in [6, 6.07) is 2.02. The van der Waals surface area contributed by atoms with Gasteiger partial charge in [0.1, 0.15) is 6.10 Å². The van der Waals surface area contributed by atoms with Crippen molar-refractivity contribution in [2.24, 2.45) is 0 Å². The zero-order valence-electron chi connectivity index (χ0n) is 6.55. The lowest BCUT2D eigenvalue weighted by Gasteiger charge is -2.10. The lowest BCUT2D eigenvalue weighted by molar-refractivity contribution is 0.229. The van der Waals surface area contributed by atoms with E-state index in [0.717, 1.165) is 29.0 Å². The quantitative estimate of drug-likeness (QED) is 0.866. The molecule has 0 radical (unpaired) electrons. The Kier molecular flexibility index (Phi) is 2.68. The van der Waals surface area contributed by atoms with Gasteiger partial charge in [0.15, 0.2) is 5.06 Å². The number of ether oxygens (including phenoxy) is 1. The predicted molar refractivity (Wildman–Crippen MR) is 53.9 cm³/mol. The molecule has 1 N–H and O–H groups in total. The summed E-state index contributed by atoms with van der Waals surface area (Å²) in [7, 11) is 0. The molecule has 12 heavy (non-hydrogen) atoms. The van der Waals surface area contributed by atoms with Crippen LogP contribution in [0.15, 0.2) is 15.9 Å². The Balaban J connectivity index is 1.98. The maximum absolute atomic E-state index is 5.76. The monoisotopic (exact) mass is 247 g/mol. The second kappa shape index (κ2) is 3.77. The molecule has 2 rings (SSSR count). The molecule has 1 aromatic rings. The van der Waals surface area contributed by atoms with Gasteiger partial charge in [0, 0.05) is 6.54 Å². The molecule has 0 bridgehead atoms. The highest BCUT2D eigenvalue weighted by atomic mass is 79.9. The van der Waals surface area contributed by atoms with Gasteiger partial charge in [-0.05, 0) is 40.3 Å². The topological polar surface area (TPSA) is 21.3 Å². The molecule has 0 aliphatic carbocycles. The van der Waals surface area contributed by atoms with Crippen molar-refractivity contribution in [1.29, 1.82) is 0 Å². The van der Waals surface area contributed by atoms with Gasteiger partial charge in [-0.2, -0.15) is 0 Å². The highest BCUT2D eigenvalue weighted by molar-refractivity contribution is 9.10. The first-order chi connectivity index (χ1) is 5.86. The molecular weight excluding hydrogens is 238 g/mol. The van der Waals surface area contributed by atoms with Crippen molar-refractivity contribution >= 4 is 27.3 Å². The largest absolute Gasteiger partial charge is 0.478 e. The van der Waals surface area contributed by atoms with E-state index in [0.29, 0.717) is 6.10 Å². The van der Waals surface area contributed by atoms with Crippen LogP contribution in [-0.2, 0) is 0 Å². The molecule has 1 unspecified atom stereocenters. The van der Waals surface area contributed by atoms with E-state index in [1.165, 1.54) is 0 Å². The summed E-state index contributed by atoms with van der Waals surface area (Å²) in [4.78, 5) is 0. The standard InChI is InChI=1S/C8H10BrNOS/c9-7-2-4-12-8(7)11-6-1-3-10-5-6/h2,4,6,10H,1,3,5H2. The Morgan fingerprint density at radius 3 is 3.17 bits per heavy atom. The average molecular weight is 248 g/mol. The van der Waals surface area contributed by atoms with Gasteiger partial charge < -0.3 is 10.1 Å². The minimum atomic E-state index is 0.361. The van der Waals surface area contributed by atoms with Crippen LogP contribution in [0.1, 0.15) is 6.42 Å². The van der Waals surface area contributed by atoms with Crippen LogP contribution in [0, 0.1) is 0 Å². The molecule has 2 heterocycles. The second-order valence-corrected chi connectivity index (χ2v) is 4.52. The van der Waals surface area contributed by atoms with Gasteiger partial charge in [-0.15, -0.1) is 11.3 Å². The Morgan fingerprint density at radius 1 is 1.67 bits per heavy atom. The first-order valence-electron chi connectivity index (χ1n) is 3.96. The van der Waals surface area contributed by atoms with E-state index in [2.05, 4.69) is 21.2 Å². The normalized spacial score (nSPS) is 22.9. The van der Waals surface area contributed by atoms with Gasteiger partial charge in [0.2, 0.25) is 0 Å².